The van der Waals surface area contributed by atoms with E-state index in [1.807, 2.05) is 24.3 Å². The average Bonchev–Trinajstić information content (AvgIpc) is 2.65. The van der Waals surface area contributed by atoms with Crippen molar-refractivity contribution in [2.75, 3.05) is 25.6 Å². The normalized spacial score (nSPS) is 11.2. The van der Waals surface area contributed by atoms with Crippen molar-refractivity contribution in [1.82, 2.24) is 0 Å². The van der Waals surface area contributed by atoms with Crippen LogP contribution >= 0.6 is 0 Å². The molecular formula is C19H25N3O3. The van der Waals surface area contributed by atoms with Crippen molar-refractivity contribution in [1.29, 1.82) is 0 Å². The SMILES string of the molecule is CCc1cccc(NC(N)=NCc2ccc(OCCO)c(OC)c2)c1. The topological polar surface area (TPSA) is 89.1 Å². The lowest BCUT2D eigenvalue weighted by Gasteiger charge is -2.11. The summed E-state index contributed by atoms with van der Waals surface area (Å²) in [6.45, 7) is 2.71. The molecule has 2 rings (SSSR count). The second kappa shape index (κ2) is 9.54. The van der Waals surface area contributed by atoms with Gasteiger partial charge in [0.2, 0.25) is 0 Å². The minimum Gasteiger partial charge on any atom is -0.493 e. The molecule has 6 heteroatoms. The predicted octanol–water partition coefficient (Wildman–Crippen LogP) is 2.56. The van der Waals surface area contributed by atoms with Crippen LogP contribution in [0.25, 0.3) is 0 Å². The van der Waals surface area contributed by atoms with Crippen molar-refractivity contribution in [3.63, 3.8) is 0 Å². The van der Waals surface area contributed by atoms with E-state index in [1.54, 1.807) is 13.2 Å². The molecule has 4 N–H and O–H groups in total. The number of rotatable bonds is 8. The fourth-order valence-corrected chi connectivity index (χ4v) is 2.32. The number of hydrogen-bond donors (Lipinski definition) is 3. The molecular weight excluding hydrogens is 318 g/mol. The molecule has 6 nitrogen and oxygen atoms in total. The van der Waals surface area contributed by atoms with Gasteiger partial charge in [-0.25, -0.2) is 4.99 Å². The first kappa shape index (κ1) is 18.6. The summed E-state index contributed by atoms with van der Waals surface area (Å²) >= 11 is 0. The number of ether oxygens (including phenoxy) is 2. The van der Waals surface area contributed by atoms with Gasteiger partial charge in [-0.1, -0.05) is 25.1 Å². The highest BCUT2D eigenvalue weighted by Crippen LogP contribution is 2.28. The molecule has 0 aliphatic carbocycles. The minimum absolute atomic E-state index is 0.0450. The summed E-state index contributed by atoms with van der Waals surface area (Å²) in [5.41, 5.74) is 9.07. The van der Waals surface area contributed by atoms with Crippen LogP contribution in [0.3, 0.4) is 0 Å². The number of aliphatic hydroxyl groups excluding tert-OH is 1. The van der Waals surface area contributed by atoms with Crippen molar-refractivity contribution in [2.45, 2.75) is 19.9 Å². The summed E-state index contributed by atoms with van der Waals surface area (Å²) in [5, 5.41) is 11.9. The number of aliphatic imine (C=N–C) groups is 1. The number of aryl methyl sites for hydroxylation is 1. The predicted molar refractivity (Wildman–Crippen MR) is 100 cm³/mol. The molecule has 2 aromatic rings. The standard InChI is InChI=1S/C19H25N3O3/c1-3-14-5-4-6-16(11-14)22-19(20)21-13-15-7-8-17(25-10-9-23)18(12-15)24-2/h4-8,11-12,23H,3,9-10,13H2,1-2H3,(H3,20,21,22). The lowest BCUT2D eigenvalue weighted by Crippen LogP contribution is -2.22. The van der Waals surface area contributed by atoms with E-state index >= 15 is 0 Å². The van der Waals surface area contributed by atoms with E-state index < -0.39 is 0 Å². The van der Waals surface area contributed by atoms with Gasteiger partial charge in [0.1, 0.15) is 6.61 Å². The molecule has 0 aliphatic rings. The van der Waals surface area contributed by atoms with Crippen LogP contribution in [0.2, 0.25) is 0 Å². The first-order chi connectivity index (χ1) is 12.2. The smallest absolute Gasteiger partial charge is 0.193 e. The van der Waals surface area contributed by atoms with Crippen molar-refractivity contribution in [3.8, 4) is 11.5 Å². The molecule has 0 saturated heterocycles. The van der Waals surface area contributed by atoms with Crippen LogP contribution in [0.1, 0.15) is 18.1 Å². The Morgan fingerprint density at radius 3 is 2.72 bits per heavy atom. The molecule has 0 heterocycles. The maximum absolute atomic E-state index is 8.84. The minimum atomic E-state index is -0.0450. The van der Waals surface area contributed by atoms with Gasteiger partial charge in [0.25, 0.3) is 0 Å². The molecule has 25 heavy (non-hydrogen) atoms. The van der Waals surface area contributed by atoms with Crippen molar-refractivity contribution < 1.29 is 14.6 Å². The Morgan fingerprint density at radius 1 is 1.16 bits per heavy atom. The Kier molecular flexibility index (Phi) is 7.10. The van der Waals surface area contributed by atoms with Crippen LogP contribution in [0, 0.1) is 0 Å². The van der Waals surface area contributed by atoms with Crippen LogP contribution in [0.4, 0.5) is 5.69 Å². The fourth-order valence-electron chi connectivity index (χ4n) is 2.32. The van der Waals surface area contributed by atoms with Gasteiger partial charge in [-0.15, -0.1) is 0 Å². The van der Waals surface area contributed by atoms with Gasteiger partial charge >= 0.3 is 0 Å². The van der Waals surface area contributed by atoms with E-state index in [0.29, 0.717) is 24.0 Å². The zero-order valence-corrected chi connectivity index (χ0v) is 14.7. The van der Waals surface area contributed by atoms with E-state index in [2.05, 4.69) is 29.4 Å². The fraction of sp³-hybridized carbons (Fsp3) is 0.316. The van der Waals surface area contributed by atoms with Crippen LogP contribution in [-0.2, 0) is 13.0 Å². The lowest BCUT2D eigenvalue weighted by molar-refractivity contribution is 0.196. The third kappa shape index (κ3) is 5.69. The number of aliphatic hydroxyl groups is 1. The molecule has 0 atom stereocenters. The van der Waals surface area contributed by atoms with E-state index in [9.17, 15) is 0 Å². The van der Waals surface area contributed by atoms with E-state index in [-0.39, 0.29) is 13.2 Å². The average molecular weight is 343 g/mol. The number of hydrogen-bond acceptors (Lipinski definition) is 4. The summed E-state index contributed by atoms with van der Waals surface area (Å²) in [7, 11) is 1.57. The van der Waals surface area contributed by atoms with Gasteiger partial charge in [0.15, 0.2) is 17.5 Å². The Bertz CT molecular complexity index is 717. The molecule has 2 aromatic carbocycles. The Morgan fingerprint density at radius 2 is 2.00 bits per heavy atom. The number of guanidine groups is 1. The Labute approximate surface area is 148 Å². The molecule has 0 spiro atoms. The monoisotopic (exact) mass is 343 g/mol. The largest absolute Gasteiger partial charge is 0.493 e. The highest BCUT2D eigenvalue weighted by atomic mass is 16.5. The van der Waals surface area contributed by atoms with Gasteiger partial charge in [-0.3, -0.25) is 0 Å². The summed E-state index contributed by atoms with van der Waals surface area (Å²) in [6, 6.07) is 13.6. The molecule has 0 aromatic heterocycles. The van der Waals surface area contributed by atoms with Gasteiger partial charge < -0.3 is 25.6 Å². The van der Waals surface area contributed by atoms with Crippen LogP contribution in [-0.4, -0.2) is 31.4 Å². The maximum Gasteiger partial charge on any atom is 0.193 e. The van der Waals surface area contributed by atoms with Gasteiger partial charge in [-0.2, -0.15) is 0 Å². The number of anilines is 1. The maximum atomic E-state index is 8.84. The Balaban J connectivity index is 2.01. The molecule has 0 saturated carbocycles. The molecule has 0 unspecified atom stereocenters. The molecule has 0 radical (unpaired) electrons. The van der Waals surface area contributed by atoms with E-state index in [4.69, 9.17) is 20.3 Å². The molecule has 134 valence electrons. The number of nitrogens with two attached hydrogens (primary N) is 1. The highest BCUT2D eigenvalue weighted by Gasteiger charge is 2.06. The third-order valence-electron chi connectivity index (χ3n) is 3.62. The second-order valence-electron chi connectivity index (χ2n) is 5.44. The summed E-state index contributed by atoms with van der Waals surface area (Å²) in [4.78, 5) is 4.36. The van der Waals surface area contributed by atoms with Crippen LogP contribution in [0.5, 0.6) is 11.5 Å². The number of nitrogens with zero attached hydrogens (tertiary/aromatic N) is 1. The third-order valence-corrected chi connectivity index (χ3v) is 3.62. The van der Waals surface area contributed by atoms with E-state index in [0.717, 1.165) is 17.7 Å². The summed E-state index contributed by atoms with van der Waals surface area (Å²) in [6.07, 6.45) is 0.969. The summed E-state index contributed by atoms with van der Waals surface area (Å²) in [5.74, 6) is 1.54. The molecule has 0 bridgehead atoms. The lowest BCUT2D eigenvalue weighted by atomic mass is 10.1. The highest BCUT2D eigenvalue weighted by molar-refractivity contribution is 5.92. The quantitative estimate of drug-likeness (QED) is 0.506. The van der Waals surface area contributed by atoms with Gasteiger partial charge in [0.05, 0.1) is 20.3 Å². The second-order valence-corrected chi connectivity index (χ2v) is 5.44. The Hall–Kier alpha value is -2.73. The van der Waals surface area contributed by atoms with Crippen molar-refractivity contribution in [2.24, 2.45) is 10.7 Å². The first-order valence-electron chi connectivity index (χ1n) is 8.22. The molecule has 0 aliphatic heterocycles. The van der Waals surface area contributed by atoms with Crippen molar-refractivity contribution >= 4 is 11.6 Å². The van der Waals surface area contributed by atoms with Crippen LogP contribution in [0.15, 0.2) is 47.5 Å². The summed E-state index contributed by atoms with van der Waals surface area (Å²) < 4.78 is 10.7. The molecule has 0 fully saturated rings. The van der Waals surface area contributed by atoms with Crippen molar-refractivity contribution in [3.05, 3.63) is 53.6 Å². The zero-order valence-electron chi connectivity index (χ0n) is 14.7. The number of nitrogens with one attached hydrogen (secondary N) is 1. The van der Waals surface area contributed by atoms with Gasteiger partial charge in [0, 0.05) is 5.69 Å². The zero-order chi connectivity index (χ0) is 18.1. The number of benzene rings is 2. The van der Waals surface area contributed by atoms with E-state index in [1.165, 1.54) is 5.56 Å². The first-order valence-corrected chi connectivity index (χ1v) is 8.22. The number of methoxy groups -OCH3 is 1. The van der Waals surface area contributed by atoms with Gasteiger partial charge in [-0.05, 0) is 41.8 Å². The van der Waals surface area contributed by atoms with Crippen LogP contribution < -0.4 is 20.5 Å². The molecule has 0 amide bonds.